The highest BCUT2D eigenvalue weighted by atomic mass is 16.6. The molecule has 1 saturated carbocycles. The Hall–Kier alpha value is -2.71. The molecule has 9 heteroatoms. The Balaban J connectivity index is 2.11. The van der Waals surface area contributed by atoms with Crippen molar-refractivity contribution < 1.29 is 28.7 Å². The summed E-state index contributed by atoms with van der Waals surface area (Å²) in [4.78, 5) is 56.3. The summed E-state index contributed by atoms with van der Waals surface area (Å²) in [6.45, 7) is 3.73. The van der Waals surface area contributed by atoms with E-state index in [4.69, 9.17) is 4.74 Å². The molecule has 1 rings (SSSR count). The van der Waals surface area contributed by atoms with Gasteiger partial charge in [-0.25, -0.2) is 4.79 Å². The fourth-order valence-electron chi connectivity index (χ4n) is 1.78. The molecule has 0 heterocycles. The highest BCUT2D eigenvalue weighted by Gasteiger charge is 2.35. The number of hydrogen-bond acceptors (Lipinski definition) is 6. The first-order chi connectivity index (χ1) is 10.9. The molecule has 3 N–H and O–H groups in total. The Morgan fingerprint density at radius 1 is 1.04 bits per heavy atom. The summed E-state index contributed by atoms with van der Waals surface area (Å²) in [5.41, 5.74) is 0. The number of urea groups is 1. The van der Waals surface area contributed by atoms with Crippen LogP contribution in [0.5, 0.6) is 0 Å². The topological polar surface area (TPSA) is 131 Å². The van der Waals surface area contributed by atoms with Crippen LogP contribution in [0, 0.1) is 0 Å². The molecule has 0 atom stereocenters. The maximum atomic E-state index is 11.5. The summed E-state index contributed by atoms with van der Waals surface area (Å²) in [6.07, 6.45) is -0.132. The largest absolute Gasteiger partial charge is 0.446 e. The highest BCUT2D eigenvalue weighted by Crippen LogP contribution is 2.14. The van der Waals surface area contributed by atoms with Gasteiger partial charge in [-0.2, -0.15) is 0 Å². The average Bonchev–Trinajstić information content (AvgIpc) is 2.83. The monoisotopic (exact) mass is 325 g/mol. The van der Waals surface area contributed by atoms with Gasteiger partial charge in [0.1, 0.15) is 0 Å². The molecule has 3 amide bonds. The lowest BCUT2D eigenvalue weighted by Gasteiger charge is -2.10. The van der Waals surface area contributed by atoms with Crippen molar-refractivity contribution in [3.05, 3.63) is 12.7 Å². The van der Waals surface area contributed by atoms with E-state index in [0.29, 0.717) is 0 Å². The van der Waals surface area contributed by atoms with Crippen LogP contribution < -0.4 is 16.0 Å². The van der Waals surface area contributed by atoms with Crippen LogP contribution in [0.1, 0.15) is 19.3 Å². The molecule has 0 aliphatic heterocycles. The fraction of sp³-hybridized carbons (Fsp3) is 0.500. The lowest BCUT2D eigenvalue weighted by Crippen LogP contribution is -2.41. The lowest BCUT2D eigenvalue weighted by atomic mass is 10.3. The summed E-state index contributed by atoms with van der Waals surface area (Å²) in [6, 6.07) is -0.515. The smallest absolute Gasteiger partial charge is 0.314 e. The van der Waals surface area contributed by atoms with E-state index >= 15 is 0 Å². The second kappa shape index (κ2) is 9.34. The third-order valence-electron chi connectivity index (χ3n) is 2.96. The van der Waals surface area contributed by atoms with Crippen molar-refractivity contribution in [1.82, 2.24) is 16.0 Å². The molecular formula is C14H19N3O6. The summed E-state index contributed by atoms with van der Waals surface area (Å²) >= 11 is 0. The summed E-state index contributed by atoms with van der Waals surface area (Å²) in [5, 5.41) is 7.35. The van der Waals surface area contributed by atoms with Crippen LogP contribution in [0.15, 0.2) is 12.7 Å². The molecular weight excluding hydrogens is 306 g/mol. The van der Waals surface area contributed by atoms with Gasteiger partial charge in [-0.15, -0.1) is 0 Å². The number of amides is 3. The van der Waals surface area contributed by atoms with E-state index in [0.717, 1.165) is 6.08 Å². The molecule has 1 fully saturated rings. The second-order valence-corrected chi connectivity index (χ2v) is 4.73. The number of esters is 1. The Morgan fingerprint density at radius 3 is 2.22 bits per heavy atom. The minimum atomic E-state index is -1.29. The van der Waals surface area contributed by atoms with Gasteiger partial charge >= 0.3 is 12.0 Å². The Bertz CT molecular complexity index is 501. The second-order valence-electron chi connectivity index (χ2n) is 4.73. The molecule has 0 aromatic rings. The molecule has 126 valence electrons. The molecule has 23 heavy (non-hydrogen) atoms. The molecule has 0 unspecified atom stereocenters. The zero-order valence-corrected chi connectivity index (χ0v) is 12.6. The molecule has 0 spiro atoms. The average molecular weight is 325 g/mol. The van der Waals surface area contributed by atoms with Gasteiger partial charge in [-0.3, -0.25) is 19.2 Å². The summed E-state index contributed by atoms with van der Waals surface area (Å²) in [5.74, 6) is -1.85. The zero-order valence-electron chi connectivity index (χ0n) is 12.6. The number of Topliss-reactive ketones (excluding diaryl/α,β-unsaturated/α-hetero) is 2. The number of carbonyl (C=O) groups is 5. The molecule has 1 aliphatic rings. The van der Waals surface area contributed by atoms with Gasteiger partial charge in [0.05, 0.1) is 6.42 Å². The van der Waals surface area contributed by atoms with Gasteiger partial charge in [0.2, 0.25) is 12.0 Å². The van der Waals surface area contributed by atoms with Gasteiger partial charge in [0.15, 0.2) is 11.6 Å². The molecule has 0 aromatic carbocycles. The number of rotatable bonds is 8. The van der Waals surface area contributed by atoms with E-state index in [-0.39, 0.29) is 44.8 Å². The van der Waals surface area contributed by atoms with E-state index in [1.807, 2.05) is 0 Å². The van der Waals surface area contributed by atoms with Crippen LogP contribution in [-0.2, 0) is 23.9 Å². The molecule has 0 radical (unpaired) electrons. The molecule has 1 aliphatic carbocycles. The number of hydrogen-bond donors (Lipinski definition) is 3. The normalized spacial score (nSPS) is 14.3. The van der Waals surface area contributed by atoms with Crippen molar-refractivity contribution in [1.29, 1.82) is 0 Å². The van der Waals surface area contributed by atoms with Gasteiger partial charge in [0.25, 0.3) is 0 Å². The van der Waals surface area contributed by atoms with E-state index < -0.39 is 29.7 Å². The van der Waals surface area contributed by atoms with Crippen molar-refractivity contribution in [2.24, 2.45) is 0 Å². The van der Waals surface area contributed by atoms with Crippen LogP contribution in [0.2, 0.25) is 0 Å². The van der Waals surface area contributed by atoms with Crippen LogP contribution in [0.4, 0.5) is 4.79 Å². The minimum absolute atomic E-state index is 0.00121. The SMILES string of the molecule is C=CC(=O)NCCNC(=O)NCCC(=O)OC1C(=O)CCC1=O. The molecule has 9 nitrogen and oxygen atoms in total. The van der Waals surface area contributed by atoms with Crippen molar-refractivity contribution in [3.8, 4) is 0 Å². The van der Waals surface area contributed by atoms with Crippen LogP contribution in [-0.4, -0.2) is 55.2 Å². The number of carbonyl (C=O) groups excluding carboxylic acids is 5. The molecule has 0 saturated heterocycles. The number of nitrogens with one attached hydrogen (secondary N) is 3. The summed E-state index contributed by atoms with van der Waals surface area (Å²) < 4.78 is 4.79. The van der Waals surface area contributed by atoms with Gasteiger partial charge in [-0.1, -0.05) is 6.58 Å². The van der Waals surface area contributed by atoms with Gasteiger partial charge in [-0.05, 0) is 6.08 Å². The van der Waals surface area contributed by atoms with Crippen molar-refractivity contribution in [2.75, 3.05) is 19.6 Å². The molecule has 0 aromatic heterocycles. The lowest BCUT2D eigenvalue weighted by molar-refractivity contribution is -0.157. The van der Waals surface area contributed by atoms with Crippen molar-refractivity contribution >= 4 is 29.5 Å². The maximum Gasteiger partial charge on any atom is 0.314 e. The fourth-order valence-corrected chi connectivity index (χ4v) is 1.78. The predicted octanol–water partition coefficient (Wildman–Crippen LogP) is -1.18. The standard InChI is InChI=1S/C14H19N3O6/c1-2-11(20)15-7-8-17-14(22)16-6-5-12(21)23-13-9(18)3-4-10(13)19/h2,13H,1,3-8H2,(H,15,20)(H2,16,17,22). The van der Waals surface area contributed by atoms with E-state index in [1.54, 1.807) is 0 Å². The van der Waals surface area contributed by atoms with Crippen LogP contribution in [0.25, 0.3) is 0 Å². The zero-order chi connectivity index (χ0) is 17.2. The van der Waals surface area contributed by atoms with Gasteiger partial charge < -0.3 is 20.7 Å². The molecule has 0 bridgehead atoms. The number of ether oxygens (including phenoxy) is 1. The Morgan fingerprint density at radius 2 is 1.61 bits per heavy atom. The van der Waals surface area contributed by atoms with Crippen molar-refractivity contribution in [3.63, 3.8) is 0 Å². The summed E-state index contributed by atoms with van der Waals surface area (Å²) in [7, 11) is 0. The van der Waals surface area contributed by atoms with Crippen molar-refractivity contribution in [2.45, 2.75) is 25.4 Å². The van der Waals surface area contributed by atoms with E-state index in [2.05, 4.69) is 22.5 Å². The first kappa shape index (κ1) is 18.3. The van der Waals surface area contributed by atoms with E-state index in [1.165, 1.54) is 0 Å². The van der Waals surface area contributed by atoms with Crippen LogP contribution >= 0.6 is 0 Å². The Kier molecular flexibility index (Phi) is 7.44. The third kappa shape index (κ3) is 6.72. The van der Waals surface area contributed by atoms with Crippen LogP contribution in [0.3, 0.4) is 0 Å². The third-order valence-corrected chi connectivity index (χ3v) is 2.96. The number of ketones is 2. The van der Waals surface area contributed by atoms with Gasteiger partial charge in [0, 0.05) is 32.5 Å². The quantitative estimate of drug-likeness (QED) is 0.223. The van der Waals surface area contributed by atoms with E-state index in [9.17, 15) is 24.0 Å². The predicted molar refractivity (Wildman–Crippen MR) is 78.4 cm³/mol. The first-order valence-corrected chi connectivity index (χ1v) is 7.11. The Labute approximate surface area is 132 Å². The first-order valence-electron chi connectivity index (χ1n) is 7.11. The minimum Gasteiger partial charge on any atom is -0.446 e. The maximum absolute atomic E-state index is 11.5. The highest BCUT2D eigenvalue weighted by molar-refractivity contribution is 6.12.